The summed E-state index contributed by atoms with van der Waals surface area (Å²) in [5.74, 6) is -0.333. The van der Waals surface area contributed by atoms with Gasteiger partial charge in [0.05, 0.1) is 28.6 Å². The fourth-order valence-corrected chi connectivity index (χ4v) is 3.83. The van der Waals surface area contributed by atoms with Gasteiger partial charge in [0, 0.05) is 23.0 Å². The van der Waals surface area contributed by atoms with Gasteiger partial charge in [0.2, 0.25) is 0 Å². The van der Waals surface area contributed by atoms with E-state index in [-0.39, 0.29) is 5.97 Å². The SMILES string of the molecule is CCOC(=O)c1ccc(N=c2scc(-c3ccc(Cl)cc3Cl)n2C)cc1. The zero-order valence-corrected chi connectivity index (χ0v) is 16.5. The van der Waals surface area contributed by atoms with Gasteiger partial charge in [-0.15, -0.1) is 11.3 Å². The number of rotatable bonds is 4. The zero-order valence-electron chi connectivity index (χ0n) is 14.2. The molecule has 7 heteroatoms. The van der Waals surface area contributed by atoms with E-state index in [0.29, 0.717) is 22.2 Å². The summed E-state index contributed by atoms with van der Waals surface area (Å²) in [6.45, 7) is 2.13. The van der Waals surface area contributed by atoms with Crippen LogP contribution in [0.5, 0.6) is 0 Å². The van der Waals surface area contributed by atoms with Gasteiger partial charge in [-0.3, -0.25) is 0 Å². The second kappa shape index (κ2) is 8.08. The molecule has 1 aromatic heterocycles. The number of benzene rings is 2. The van der Waals surface area contributed by atoms with Crippen molar-refractivity contribution in [3.8, 4) is 11.3 Å². The monoisotopic (exact) mass is 406 g/mol. The third kappa shape index (κ3) is 4.01. The molecule has 0 N–H and O–H groups in total. The van der Waals surface area contributed by atoms with Crippen LogP contribution >= 0.6 is 34.5 Å². The molecule has 0 saturated heterocycles. The number of hydrogen-bond acceptors (Lipinski definition) is 4. The van der Waals surface area contributed by atoms with Crippen LogP contribution in [0.3, 0.4) is 0 Å². The normalized spacial score (nSPS) is 11.6. The van der Waals surface area contributed by atoms with Crippen LogP contribution in [-0.4, -0.2) is 17.1 Å². The Kier molecular flexibility index (Phi) is 5.81. The summed E-state index contributed by atoms with van der Waals surface area (Å²) >= 11 is 13.8. The van der Waals surface area contributed by atoms with E-state index in [9.17, 15) is 4.79 Å². The zero-order chi connectivity index (χ0) is 18.7. The molecule has 0 fully saturated rings. The van der Waals surface area contributed by atoms with E-state index in [0.717, 1.165) is 21.7 Å². The highest BCUT2D eigenvalue weighted by Crippen LogP contribution is 2.30. The molecule has 1 heterocycles. The largest absolute Gasteiger partial charge is 0.462 e. The van der Waals surface area contributed by atoms with Crippen molar-refractivity contribution in [3.05, 3.63) is 68.3 Å². The molecule has 3 rings (SSSR count). The Morgan fingerprint density at radius 2 is 1.92 bits per heavy atom. The lowest BCUT2D eigenvalue weighted by Gasteiger charge is -2.06. The Bertz CT molecular complexity index is 1010. The summed E-state index contributed by atoms with van der Waals surface area (Å²) in [4.78, 5) is 17.2. The van der Waals surface area contributed by atoms with E-state index in [1.807, 2.05) is 29.1 Å². The van der Waals surface area contributed by atoms with Crippen LogP contribution < -0.4 is 4.80 Å². The lowest BCUT2D eigenvalue weighted by Crippen LogP contribution is -2.11. The minimum absolute atomic E-state index is 0.333. The van der Waals surface area contributed by atoms with E-state index in [2.05, 4.69) is 4.99 Å². The summed E-state index contributed by atoms with van der Waals surface area (Å²) in [5, 5.41) is 3.19. The van der Waals surface area contributed by atoms with Gasteiger partial charge in [-0.1, -0.05) is 23.2 Å². The molecule has 26 heavy (non-hydrogen) atoms. The van der Waals surface area contributed by atoms with Crippen molar-refractivity contribution >= 4 is 46.2 Å². The number of halogens is 2. The van der Waals surface area contributed by atoms with Crippen LogP contribution in [0.1, 0.15) is 17.3 Å². The van der Waals surface area contributed by atoms with Crippen molar-refractivity contribution in [2.75, 3.05) is 6.61 Å². The minimum atomic E-state index is -0.333. The predicted molar refractivity (Wildman–Crippen MR) is 106 cm³/mol. The van der Waals surface area contributed by atoms with Crippen molar-refractivity contribution in [3.63, 3.8) is 0 Å². The molecular formula is C19H16Cl2N2O2S. The van der Waals surface area contributed by atoms with Crippen LogP contribution in [0.25, 0.3) is 11.3 Å². The summed E-state index contributed by atoms with van der Waals surface area (Å²) in [5.41, 5.74) is 3.12. The van der Waals surface area contributed by atoms with Crippen LogP contribution in [-0.2, 0) is 11.8 Å². The summed E-state index contributed by atoms with van der Waals surface area (Å²) in [6, 6.07) is 12.4. The second-order valence-electron chi connectivity index (χ2n) is 5.47. The Morgan fingerprint density at radius 3 is 2.58 bits per heavy atom. The van der Waals surface area contributed by atoms with Gasteiger partial charge >= 0.3 is 5.97 Å². The molecule has 0 aliphatic heterocycles. The fraction of sp³-hybridized carbons (Fsp3) is 0.158. The third-order valence-electron chi connectivity index (χ3n) is 3.73. The van der Waals surface area contributed by atoms with Gasteiger partial charge in [-0.05, 0) is 49.4 Å². The number of ether oxygens (including phenoxy) is 1. The van der Waals surface area contributed by atoms with Crippen LogP contribution in [0.4, 0.5) is 5.69 Å². The molecule has 4 nitrogen and oxygen atoms in total. The van der Waals surface area contributed by atoms with Gasteiger partial charge in [0.25, 0.3) is 0 Å². The molecule has 0 aliphatic rings. The van der Waals surface area contributed by atoms with Crippen molar-refractivity contribution in [1.29, 1.82) is 0 Å². The number of carbonyl (C=O) groups is 1. The first-order valence-electron chi connectivity index (χ1n) is 7.91. The molecule has 0 atom stereocenters. The summed E-state index contributed by atoms with van der Waals surface area (Å²) < 4.78 is 6.95. The molecule has 0 unspecified atom stereocenters. The Labute approximate surface area is 165 Å². The number of hydrogen-bond donors (Lipinski definition) is 0. The first kappa shape index (κ1) is 18.7. The average Bonchev–Trinajstić information content (AvgIpc) is 2.96. The van der Waals surface area contributed by atoms with E-state index in [4.69, 9.17) is 27.9 Å². The first-order chi connectivity index (χ1) is 12.5. The van der Waals surface area contributed by atoms with E-state index < -0.39 is 0 Å². The van der Waals surface area contributed by atoms with Gasteiger partial charge in [-0.25, -0.2) is 9.79 Å². The molecule has 134 valence electrons. The number of carbonyl (C=O) groups excluding carboxylic acids is 1. The molecule has 3 aromatic rings. The third-order valence-corrected chi connectivity index (χ3v) is 5.20. The van der Waals surface area contributed by atoms with Crippen molar-refractivity contribution in [1.82, 2.24) is 4.57 Å². The molecule has 2 aromatic carbocycles. The van der Waals surface area contributed by atoms with Crippen molar-refractivity contribution < 1.29 is 9.53 Å². The fourth-order valence-electron chi connectivity index (χ4n) is 2.41. The number of thiazole rings is 1. The molecule has 0 bridgehead atoms. The standard InChI is InChI=1S/C19H16Cl2N2O2S/c1-3-25-18(24)12-4-7-14(8-5-12)22-19-23(2)17(11-26-19)15-9-6-13(20)10-16(15)21/h4-11H,3H2,1-2H3. The predicted octanol–water partition coefficient (Wildman–Crippen LogP) is 5.47. The van der Waals surface area contributed by atoms with E-state index in [1.165, 1.54) is 11.3 Å². The molecule has 0 aliphatic carbocycles. The maximum Gasteiger partial charge on any atom is 0.338 e. The lowest BCUT2D eigenvalue weighted by molar-refractivity contribution is 0.0526. The van der Waals surface area contributed by atoms with Crippen molar-refractivity contribution in [2.45, 2.75) is 6.92 Å². The number of nitrogens with zero attached hydrogens (tertiary/aromatic N) is 2. The molecule has 0 saturated carbocycles. The molecule has 0 spiro atoms. The number of esters is 1. The van der Waals surface area contributed by atoms with Gasteiger partial charge in [0.15, 0.2) is 4.80 Å². The minimum Gasteiger partial charge on any atom is -0.462 e. The van der Waals surface area contributed by atoms with Crippen LogP contribution in [0.15, 0.2) is 52.8 Å². The Hall–Kier alpha value is -2.08. The van der Waals surface area contributed by atoms with Gasteiger partial charge in [-0.2, -0.15) is 0 Å². The second-order valence-corrected chi connectivity index (χ2v) is 7.15. The van der Waals surface area contributed by atoms with Gasteiger partial charge in [0.1, 0.15) is 0 Å². The Balaban J connectivity index is 1.93. The van der Waals surface area contributed by atoms with Crippen LogP contribution in [0.2, 0.25) is 10.0 Å². The smallest absolute Gasteiger partial charge is 0.338 e. The quantitative estimate of drug-likeness (QED) is 0.539. The maximum absolute atomic E-state index is 11.7. The summed E-state index contributed by atoms with van der Waals surface area (Å²) in [7, 11) is 1.93. The van der Waals surface area contributed by atoms with Gasteiger partial charge < -0.3 is 9.30 Å². The van der Waals surface area contributed by atoms with E-state index >= 15 is 0 Å². The maximum atomic E-state index is 11.7. The molecule has 0 radical (unpaired) electrons. The average molecular weight is 407 g/mol. The topological polar surface area (TPSA) is 43.6 Å². The highest BCUT2D eigenvalue weighted by atomic mass is 35.5. The highest BCUT2D eigenvalue weighted by Gasteiger charge is 2.10. The number of aromatic nitrogens is 1. The van der Waals surface area contributed by atoms with E-state index in [1.54, 1.807) is 37.3 Å². The first-order valence-corrected chi connectivity index (χ1v) is 9.55. The molecular weight excluding hydrogens is 391 g/mol. The Morgan fingerprint density at radius 1 is 1.19 bits per heavy atom. The molecule has 0 amide bonds. The summed E-state index contributed by atoms with van der Waals surface area (Å²) in [6.07, 6.45) is 0. The highest BCUT2D eigenvalue weighted by molar-refractivity contribution is 7.07. The van der Waals surface area contributed by atoms with Crippen LogP contribution in [0, 0.1) is 0 Å². The van der Waals surface area contributed by atoms with Crippen molar-refractivity contribution in [2.24, 2.45) is 12.0 Å². The lowest BCUT2D eigenvalue weighted by atomic mass is 10.2.